The van der Waals surface area contributed by atoms with Crippen LogP contribution in [-0.4, -0.2) is 10.2 Å². The number of aliphatic hydroxyl groups is 1. The zero-order chi connectivity index (χ0) is 14.7. The monoisotopic (exact) mass is 270 g/mol. The number of aromatic hydroxyl groups is 1. The molecule has 0 aliphatic heterocycles. The smallest absolute Gasteiger partial charge is 0.115 e. The minimum Gasteiger partial charge on any atom is -0.508 e. The Bertz CT molecular complexity index is 547. The fourth-order valence-corrected chi connectivity index (χ4v) is 2.54. The number of hydrogen-bond acceptors (Lipinski definition) is 2. The van der Waals surface area contributed by atoms with Gasteiger partial charge in [-0.05, 0) is 47.3 Å². The Balaban J connectivity index is 2.25. The molecule has 1 aromatic carbocycles. The maximum atomic E-state index is 9.65. The molecule has 0 radical (unpaired) electrons. The van der Waals surface area contributed by atoms with E-state index in [4.69, 9.17) is 0 Å². The Morgan fingerprint density at radius 1 is 1.00 bits per heavy atom. The number of allylic oxidation sites excluding steroid dienone is 5. The maximum Gasteiger partial charge on any atom is 0.115 e. The lowest BCUT2D eigenvalue weighted by Crippen LogP contribution is -2.12. The van der Waals surface area contributed by atoms with E-state index in [2.05, 4.69) is 26.8 Å². The van der Waals surface area contributed by atoms with E-state index in [0.29, 0.717) is 17.4 Å². The van der Waals surface area contributed by atoms with E-state index in [9.17, 15) is 10.2 Å². The molecule has 20 heavy (non-hydrogen) atoms. The van der Waals surface area contributed by atoms with Crippen molar-refractivity contribution in [1.82, 2.24) is 0 Å². The maximum absolute atomic E-state index is 9.65. The summed E-state index contributed by atoms with van der Waals surface area (Å²) in [6, 6.07) is 7.32. The largest absolute Gasteiger partial charge is 0.508 e. The van der Waals surface area contributed by atoms with Crippen molar-refractivity contribution >= 4 is 0 Å². The molecule has 0 bridgehead atoms. The van der Waals surface area contributed by atoms with Gasteiger partial charge in [0.2, 0.25) is 0 Å². The summed E-state index contributed by atoms with van der Waals surface area (Å²) in [5.74, 6) is 1.60. The third kappa shape index (κ3) is 3.32. The Hall–Kier alpha value is -1.96. The Morgan fingerprint density at radius 2 is 1.65 bits per heavy atom. The molecule has 0 aromatic heterocycles. The summed E-state index contributed by atoms with van der Waals surface area (Å²) >= 11 is 0. The molecular formula is C18H22O2. The first-order valence-electron chi connectivity index (χ1n) is 7.07. The van der Waals surface area contributed by atoms with Crippen LogP contribution in [0.4, 0.5) is 0 Å². The predicted octanol–water partition coefficient (Wildman–Crippen LogP) is 4.71. The second-order valence-corrected chi connectivity index (χ2v) is 5.74. The van der Waals surface area contributed by atoms with Gasteiger partial charge in [0, 0.05) is 5.92 Å². The van der Waals surface area contributed by atoms with E-state index in [1.165, 1.54) is 11.1 Å². The highest BCUT2D eigenvalue weighted by atomic mass is 16.3. The summed E-state index contributed by atoms with van der Waals surface area (Å²) < 4.78 is 0. The van der Waals surface area contributed by atoms with Crippen molar-refractivity contribution in [2.45, 2.75) is 26.7 Å². The quantitative estimate of drug-likeness (QED) is 0.835. The van der Waals surface area contributed by atoms with Gasteiger partial charge in [0.15, 0.2) is 0 Å². The van der Waals surface area contributed by atoms with Gasteiger partial charge in [-0.2, -0.15) is 0 Å². The molecule has 2 atom stereocenters. The zero-order valence-electron chi connectivity index (χ0n) is 12.2. The highest BCUT2D eigenvalue weighted by Crippen LogP contribution is 2.31. The van der Waals surface area contributed by atoms with Crippen molar-refractivity contribution in [2.75, 3.05) is 0 Å². The lowest BCUT2D eigenvalue weighted by molar-refractivity contribution is 0.411. The van der Waals surface area contributed by atoms with E-state index in [1.54, 1.807) is 18.2 Å². The van der Waals surface area contributed by atoms with Crippen molar-refractivity contribution in [3.63, 3.8) is 0 Å². The first-order valence-corrected chi connectivity index (χ1v) is 7.07. The zero-order valence-corrected chi connectivity index (χ0v) is 12.2. The van der Waals surface area contributed by atoms with E-state index in [-0.39, 0.29) is 11.8 Å². The van der Waals surface area contributed by atoms with Crippen LogP contribution in [0.25, 0.3) is 0 Å². The summed E-state index contributed by atoms with van der Waals surface area (Å²) in [5, 5.41) is 19.0. The van der Waals surface area contributed by atoms with Gasteiger partial charge in [-0.25, -0.2) is 0 Å². The molecule has 0 fully saturated rings. The Kier molecular flexibility index (Phi) is 4.33. The minimum atomic E-state index is 0.250. The van der Waals surface area contributed by atoms with Crippen LogP contribution < -0.4 is 0 Å². The van der Waals surface area contributed by atoms with Crippen molar-refractivity contribution in [3.8, 4) is 5.75 Å². The third-order valence-corrected chi connectivity index (χ3v) is 3.76. The van der Waals surface area contributed by atoms with Crippen molar-refractivity contribution in [2.24, 2.45) is 11.8 Å². The van der Waals surface area contributed by atoms with E-state index < -0.39 is 0 Å². The number of benzene rings is 1. The predicted molar refractivity (Wildman–Crippen MR) is 82.8 cm³/mol. The van der Waals surface area contributed by atoms with Gasteiger partial charge in [-0.1, -0.05) is 45.1 Å². The van der Waals surface area contributed by atoms with E-state index in [0.717, 1.165) is 0 Å². The highest BCUT2D eigenvalue weighted by Gasteiger charge is 2.19. The lowest BCUT2D eigenvalue weighted by atomic mass is 9.82. The highest BCUT2D eigenvalue weighted by molar-refractivity contribution is 5.39. The van der Waals surface area contributed by atoms with Crippen LogP contribution in [0.2, 0.25) is 0 Å². The van der Waals surface area contributed by atoms with Gasteiger partial charge in [0.1, 0.15) is 11.5 Å². The second kappa shape index (κ2) is 6.00. The van der Waals surface area contributed by atoms with Crippen molar-refractivity contribution < 1.29 is 10.2 Å². The third-order valence-electron chi connectivity index (χ3n) is 3.76. The number of rotatable bonds is 3. The van der Waals surface area contributed by atoms with Crippen LogP contribution in [-0.2, 0) is 0 Å². The average molecular weight is 270 g/mol. The van der Waals surface area contributed by atoms with Crippen LogP contribution in [0.15, 0.2) is 59.9 Å². The van der Waals surface area contributed by atoms with Gasteiger partial charge >= 0.3 is 0 Å². The standard InChI is InChI=1S/C18H22O2/c1-12(2)18-11-17(20)9-6-15(18)10-13(3)14-4-7-16(19)8-5-14/h4-13,18-20H,1-3H3. The van der Waals surface area contributed by atoms with Crippen LogP contribution in [0, 0.1) is 11.8 Å². The van der Waals surface area contributed by atoms with Crippen LogP contribution in [0.1, 0.15) is 32.3 Å². The van der Waals surface area contributed by atoms with Gasteiger partial charge in [-0.3, -0.25) is 0 Å². The molecule has 1 aliphatic carbocycles. The Labute approximate surface area is 120 Å². The molecule has 1 aliphatic rings. The SMILES string of the molecule is CC(C=C1C=CC(O)=CC1C(C)C)c1ccc(O)cc1. The second-order valence-electron chi connectivity index (χ2n) is 5.74. The van der Waals surface area contributed by atoms with Crippen LogP contribution in [0.5, 0.6) is 5.75 Å². The normalized spacial score (nSPS) is 22.1. The molecule has 0 heterocycles. The molecule has 2 nitrogen and oxygen atoms in total. The lowest BCUT2D eigenvalue weighted by Gasteiger charge is -2.23. The van der Waals surface area contributed by atoms with Gasteiger partial charge in [-0.15, -0.1) is 0 Å². The van der Waals surface area contributed by atoms with Crippen molar-refractivity contribution in [3.05, 3.63) is 65.5 Å². The average Bonchev–Trinajstić information content (AvgIpc) is 2.41. The first-order chi connectivity index (χ1) is 9.47. The van der Waals surface area contributed by atoms with Gasteiger partial charge < -0.3 is 10.2 Å². The fraction of sp³-hybridized carbons (Fsp3) is 0.333. The molecule has 2 rings (SSSR count). The van der Waals surface area contributed by atoms with E-state index >= 15 is 0 Å². The summed E-state index contributed by atoms with van der Waals surface area (Å²) in [4.78, 5) is 0. The van der Waals surface area contributed by atoms with Gasteiger partial charge in [0.05, 0.1) is 0 Å². The summed E-state index contributed by atoms with van der Waals surface area (Å²) in [5.41, 5.74) is 2.41. The Morgan fingerprint density at radius 3 is 2.25 bits per heavy atom. The molecular weight excluding hydrogens is 248 g/mol. The summed E-state index contributed by atoms with van der Waals surface area (Å²) in [6.45, 7) is 6.46. The van der Waals surface area contributed by atoms with Crippen molar-refractivity contribution in [1.29, 1.82) is 0 Å². The fourth-order valence-electron chi connectivity index (χ4n) is 2.54. The van der Waals surface area contributed by atoms with E-state index in [1.807, 2.05) is 24.3 Å². The van der Waals surface area contributed by atoms with Crippen LogP contribution in [0.3, 0.4) is 0 Å². The molecule has 2 N–H and O–H groups in total. The molecule has 0 saturated carbocycles. The summed E-state index contributed by atoms with van der Waals surface area (Å²) in [6.07, 6.45) is 7.89. The molecule has 0 amide bonds. The summed E-state index contributed by atoms with van der Waals surface area (Å²) in [7, 11) is 0. The van der Waals surface area contributed by atoms with Gasteiger partial charge in [0.25, 0.3) is 0 Å². The topological polar surface area (TPSA) is 40.5 Å². The number of hydrogen-bond donors (Lipinski definition) is 2. The molecule has 1 aromatic rings. The molecule has 106 valence electrons. The number of phenols is 1. The molecule has 2 unspecified atom stereocenters. The minimum absolute atomic E-state index is 0.250. The molecule has 0 spiro atoms. The number of aliphatic hydroxyl groups excluding tert-OH is 1. The van der Waals surface area contributed by atoms with Crippen LogP contribution >= 0.6 is 0 Å². The number of phenolic OH excluding ortho intramolecular Hbond substituents is 1. The molecule has 0 saturated heterocycles. The first kappa shape index (κ1) is 14.4. The molecule has 2 heteroatoms.